The first-order valence-corrected chi connectivity index (χ1v) is 11.8. The molecular weight excluding hydrogens is 527 g/mol. The quantitative estimate of drug-likeness (QED) is 0.388. The normalized spacial score (nSPS) is 11.7. The number of rotatable bonds is 10. The average molecular weight is 551 g/mol. The summed E-state index contributed by atoms with van der Waals surface area (Å²) in [5.41, 5.74) is 0.683. The Morgan fingerprint density at radius 1 is 1.10 bits per heavy atom. The molecule has 0 aliphatic rings. The van der Waals surface area contributed by atoms with Crippen LogP contribution in [-0.2, 0) is 16.1 Å². The Balaban J connectivity index is 2.25. The summed E-state index contributed by atoms with van der Waals surface area (Å²) in [5.74, 6) is -0.195. The molecule has 168 valence electrons. The molecule has 1 unspecified atom stereocenters. The van der Waals surface area contributed by atoms with Crippen molar-refractivity contribution < 1.29 is 14.3 Å². The van der Waals surface area contributed by atoms with Crippen LogP contribution in [0.25, 0.3) is 0 Å². The number of benzene rings is 2. The summed E-state index contributed by atoms with van der Waals surface area (Å²) < 4.78 is 6.45. The molecule has 5 nitrogen and oxygen atoms in total. The van der Waals surface area contributed by atoms with Gasteiger partial charge in [0.15, 0.2) is 6.61 Å². The van der Waals surface area contributed by atoms with E-state index >= 15 is 0 Å². The lowest BCUT2D eigenvalue weighted by Crippen LogP contribution is -2.50. The van der Waals surface area contributed by atoms with Gasteiger partial charge < -0.3 is 15.0 Å². The van der Waals surface area contributed by atoms with Crippen LogP contribution in [0.4, 0.5) is 0 Å². The average Bonchev–Trinajstić information content (AvgIpc) is 2.72. The smallest absolute Gasteiger partial charge is 0.261 e. The fraction of sp³-hybridized carbons (Fsp3) is 0.364. The largest absolute Gasteiger partial charge is 0.482 e. The molecule has 9 heteroatoms. The van der Waals surface area contributed by atoms with Crippen molar-refractivity contribution in [3.05, 3.63) is 61.5 Å². The van der Waals surface area contributed by atoms with Gasteiger partial charge >= 0.3 is 0 Å². The Bertz CT molecular complexity index is 927. The minimum atomic E-state index is -0.671. The lowest BCUT2D eigenvalue weighted by molar-refractivity contribution is -0.143. The van der Waals surface area contributed by atoms with Gasteiger partial charge in [0.1, 0.15) is 11.8 Å². The zero-order valence-electron chi connectivity index (χ0n) is 17.3. The van der Waals surface area contributed by atoms with Crippen LogP contribution in [0.15, 0.2) is 40.9 Å². The molecule has 0 spiro atoms. The molecule has 0 fully saturated rings. The Labute approximate surface area is 206 Å². The zero-order valence-corrected chi connectivity index (χ0v) is 21.1. The maximum atomic E-state index is 13.2. The van der Waals surface area contributed by atoms with E-state index < -0.39 is 6.04 Å². The molecule has 0 radical (unpaired) electrons. The predicted octanol–water partition coefficient (Wildman–Crippen LogP) is 6.12. The number of nitrogens with zero attached hydrogens (tertiary/aromatic N) is 1. The van der Waals surface area contributed by atoms with Gasteiger partial charge in [-0.2, -0.15) is 0 Å². The maximum absolute atomic E-state index is 13.2. The van der Waals surface area contributed by atoms with E-state index in [0.29, 0.717) is 39.3 Å². The van der Waals surface area contributed by atoms with Gasteiger partial charge in [0.2, 0.25) is 5.91 Å². The second-order valence-electron chi connectivity index (χ2n) is 6.84. The van der Waals surface area contributed by atoms with Crippen LogP contribution in [0, 0.1) is 0 Å². The van der Waals surface area contributed by atoms with Crippen LogP contribution in [-0.4, -0.2) is 35.9 Å². The fourth-order valence-corrected chi connectivity index (χ4v) is 4.13. The van der Waals surface area contributed by atoms with Crippen molar-refractivity contribution in [3.63, 3.8) is 0 Å². The first-order chi connectivity index (χ1) is 14.8. The van der Waals surface area contributed by atoms with Crippen molar-refractivity contribution in [1.29, 1.82) is 0 Å². The van der Waals surface area contributed by atoms with Crippen molar-refractivity contribution in [2.45, 2.75) is 39.3 Å². The molecule has 0 saturated heterocycles. The van der Waals surface area contributed by atoms with Crippen molar-refractivity contribution in [2.24, 2.45) is 0 Å². The summed E-state index contributed by atoms with van der Waals surface area (Å²) in [4.78, 5) is 27.4. The molecular formula is C22H24BrCl3N2O3. The van der Waals surface area contributed by atoms with E-state index in [4.69, 9.17) is 39.5 Å². The Morgan fingerprint density at radius 2 is 1.84 bits per heavy atom. The van der Waals surface area contributed by atoms with Gasteiger partial charge in [-0.05, 0) is 48.7 Å². The third kappa shape index (κ3) is 7.56. The van der Waals surface area contributed by atoms with E-state index in [-0.39, 0.29) is 25.0 Å². The number of hydrogen-bond acceptors (Lipinski definition) is 3. The van der Waals surface area contributed by atoms with Gasteiger partial charge in [-0.3, -0.25) is 9.59 Å². The number of carbonyl (C=O) groups excluding carboxylic acids is 2. The highest BCUT2D eigenvalue weighted by Crippen LogP contribution is 2.28. The first kappa shape index (κ1) is 25.8. The van der Waals surface area contributed by atoms with E-state index in [2.05, 4.69) is 21.2 Å². The third-order valence-corrected chi connectivity index (χ3v) is 5.91. The molecule has 2 rings (SSSR count). The van der Waals surface area contributed by atoms with Gasteiger partial charge in [-0.25, -0.2) is 0 Å². The summed E-state index contributed by atoms with van der Waals surface area (Å²) in [6.45, 7) is 4.22. The molecule has 31 heavy (non-hydrogen) atoms. The Morgan fingerprint density at radius 3 is 2.45 bits per heavy atom. The number of amides is 2. The van der Waals surface area contributed by atoms with E-state index in [1.54, 1.807) is 36.4 Å². The van der Waals surface area contributed by atoms with Gasteiger partial charge in [0.25, 0.3) is 5.91 Å². The summed E-state index contributed by atoms with van der Waals surface area (Å²) in [5, 5.41) is 4.16. The molecule has 0 saturated carbocycles. The van der Waals surface area contributed by atoms with Gasteiger partial charge in [0.05, 0.1) is 5.02 Å². The van der Waals surface area contributed by atoms with E-state index in [1.165, 1.54) is 4.90 Å². The number of halogens is 4. The van der Waals surface area contributed by atoms with E-state index in [1.807, 2.05) is 13.8 Å². The van der Waals surface area contributed by atoms with Crippen molar-refractivity contribution in [3.8, 4) is 5.75 Å². The van der Waals surface area contributed by atoms with Crippen LogP contribution in [0.5, 0.6) is 5.75 Å². The summed E-state index contributed by atoms with van der Waals surface area (Å²) >= 11 is 21.8. The minimum Gasteiger partial charge on any atom is -0.482 e. The van der Waals surface area contributed by atoms with Crippen LogP contribution in [0.1, 0.15) is 32.3 Å². The predicted molar refractivity (Wildman–Crippen MR) is 129 cm³/mol. The Kier molecular flexibility index (Phi) is 10.4. The van der Waals surface area contributed by atoms with Crippen LogP contribution < -0.4 is 10.1 Å². The van der Waals surface area contributed by atoms with Crippen LogP contribution >= 0.6 is 50.7 Å². The summed E-state index contributed by atoms with van der Waals surface area (Å²) in [6.07, 6.45) is 1.23. The van der Waals surface area contributed by atoms with E-state index in [0.717, 1.165) is 10.9 Å². The lowest BCUT2D eigenvalue weighted by atomic mass is 10.1. The number of hydrogen-bond donors (Lipinski definition) is 1. The maximum Gasteiger partial charge on any atom is 0.261 e. The van der Waals surface area contributed by atoms with Gasteiger partial charge in [-0.1, -0.05) is 70.6 Å². The monoisotopic (exact) mass is 548 g/mol. The summed E-state index contributed by atoms with van der Waals surface area (Å²) in [6, 6.07) is 9.50. The molecule has 1 atom stereocenters. The minimum absolute atomic E-state index is 0.143. The molecule has 0 aromatic heterocycles. The molecule has 2 aromatic rings. The molecule has 0 bridgehead atoms. The zero-order chi connectivity index (χ0) is 23.0. The van der Waals surface area contributed by atoms with Crippen molar-refractivity contribution in [2.75, 3.05) is 13.2 Å². The summed E-state index contributed by atoms with van der Waals surface area (Å²) in [7, 11) is 0. The van der Waals surface area contributed by atoms with E-state index in [9.17, 15) is 9.59 Å². The SMILES string of the molecule is CCCNC(=O)C(CC)N(Cc1ccc(Cl)cc1Cl)C(=O)COc1ccc(Br)cc1Cl. The highest BCUT2D eigenvalue weighted by atomic mass is 79.9. The van der Waals surface area contributed by atoms with Crippen LogP contribution in [0.3, 0.4) is 0 Å². The third-order valence-electron chi connectivity index (χ3n) is 4.54. The standard InChI is InChI=1S/C22H24BrCl3N2O3/c1-3-9-27-22(30)19(4-2)28(12-14-5-7-16(24)11-17(14)25)21(29)13-31-20-8-6-15(23)10-18(20)26/h5-8,10-11,19H,3-4,9,12-13H2,1-2H3,(H,27,30). The molecule has 1 N–H and O–H groups in total. The number of carbonyl (C=O) groups is 2. The molecule has 2 amide bonds. The van der Waals surface area contributed by atoms with Crippen molar-refractivity contribution in [1.82, 2.24) is 10.2 Å². The lowest BCUT2D eigenvalue weighted by Gasteiger charge is -2.31. The second-order valence-corrected chi connectivity index (χ2v) is 9.00. The molecule has 2 aromatic carbocycles. The molecule has 0 aliphatic heterocycles. The molecule has 0 aliphatic carbocycles. The number of nitrogens with one attached hydrogen (secondary N) is 1. The highest BCUT2D eigenvalue weighted by molar-refractivity contribution is 9.10. The fourth-order valence-electron chi connectivity index (χ4n) is 2.93. The van der Waals surface area contributed by atoms with Crippen molar-refractivity contribution >= 4 is 62.5 Å². The Hall–Kier alpha value is -1.47. The second kappa shape index (κ2) is 12.5. The number of ether oxygens (including phenoxy) is 1. The van der Waals surface area contributed by atoms with Gasteiger partial charge in [0, 0.05) is 27.6 Å². The topological polar surface area (TPSA) is 58.6 Å². The highest BCUT2D eigenvalue weighted by Gasteiger charge is 2.29. The van der Waals surface area contributed by atoms with Gasteiger partial charge in [-0.15, -0.1) is 0 Å². The molecule has 0 heterocycles. The van der Waals surface area contributed by atoms with Crippen LogP contribution in [0.2, 0.25) is 15.1 Å². The first-order valence-electron chi connectivity index (χ1n) is 9.85.